The van der Waals surface area contributed by atoms with Crippen LogP contribution < -0.4 is 5.32 Å². The first-order valence-corrected chi connectivity index (χ1v) is 10.8. The van der Waals surface area contributed by atoms with E-state index in [1.807, 2.05) is 31.7 Å². The normalized spacial score (nSPS) is 16.9. The SMILES string of the molecule is Cc1cc(C(=O)N2CCN(C(C)C(=O)NC(C)c3ccc(Cl)cc3Cl)CC2)c(C)o1. The van der Waals surface area contributed by atoms with Crippen molar-refractivity contribution in [2.45, 2.75) is 39.8 Å². The maximum absolute atomic E-state index is 12.8. The highest BCUT2D eigenvalue weighted by Gasteiger charge is 2.29. The number of carbonyl (C=O) groups excluding carboxylic acids is 2. The Morgan fingerprint density at radius 1 is 1.07 bits per heavy atom. The predicted octanol–water partition coefficient (Wildman–Crippen LogP) is 4.23. The molecule has 1 N–H and O–H groups in total. The van der Waals surface area contributed by atoms with E-state index in [2.05, 4.69) is 10.2 Å². The van der Waals surface area contributed by atoms with E-state index in [-0.39, 0.29) is 23.9 Å². The summed E-state index contributed by atoms with van der Waals surface area (Å²) in [4.78, 5) is 29.4. The van der Waals surface area contributed by atoms with E-state index in [9.17, 15) is 9.59 Å². The minimum absolute atomic E-state index is 0.0212. The molecular weight excluding hydrogens is 425 g/mol. The molecule has 1 aliphatic rings. The summed E-state index contributed by atoms with van der Waals surface area (Å²) in [7, 11) is 0. The van der Waals surface area contributed by atoms with Crippen molar-refractivity contribution in [3.05, 3.63) is 57.0 Å². The molecule has 2 amide bonds. The molecule has 0 radical (unpaired) electrons. The fourth-order valence-corrected chi connectivity index (χ4v) is 4.33. The van der Waals surface area contributed by atoms with Crippen LogP contribution in [0, 0.1) is 13.8 Å². The van der Waals surface area contributed by atoms with Gasteiger partial charge < -0.3 is 14.6 Å². The van der Waals surface area contributed by atoms with Gasteiger partial charge in [0.1, 0.15) is 11.5 Å². The predicted molar refractivity (Wildman–Crippen MR) is 118 cm³/mol. The second-order valence-corrected chi connectivity index (χ2v) is 8.57. The molecule has 2 aromatic rings. The van der Waals surface area contributed by atoms with Gasteiger partial charge in [0.2, 0.25) is 5.91 Å². The first kappa shape index (κ1) is 22.7. The molecular formula is C22H27Cl2N3O3. The quantitative estimate of drug-likeness (QED) is 0.738. The van der Waals surface area contributed by atoms with Gasteiger partial charge >= 0.3 is 0 Å². The molecule has 2 heterocycles. The zero-order valence-electron chi connectivity index (χ0n) is 17.7. The van der Waals surface area contributed by atoms with Crippen molar-refractivity contribution in [1.29, 1.82) is 0 Å². The van der Waals surface area contributed by atoms with Crippen LogP contribution in [0.1, 0.15) is 47.3 Å². The average molecular weight is 452 g/mol. The summed E-state index contributed by atoms with van der Waals surface area (Å²) in [6.07, 6.45) is 0. The lowest BCUT2D eigenvalue weighted by Crippen LogP contribution is -2.55. The maximum Gasteiger partial charge on any atom is 0.257 e. The number of halogens is 2. The topological polar surface area (TPSA) is 65.8 Å². The van der Waals surface area contributed by atoms with Crippen molar-refractivity contribution in [2.75, 3.05) is 26.2 Å². The largest absolute Gasteiger partial charge is 0.466 e. The van der Waals surface area contributed by atoms with Crippen LogP contribution in [0.15, 0.2) is 28.7 Å². The first-order chi connectivity index (χ1) is 14.2. The van der Waals surface area contributed by atoms with Crippen molar-refractivity contribution >= 4 is 35.0 Å². The number of furan rings is 1. The third kappa shape index (κ3) is 4.99. The molecule has 0 aliphatic carbocycles. The molecule has 8 heteroatoms. The van der Waals surface area contributed by atoms with Gasteiger partial charge in [0.25, 0.3) is 5.91 Å². The summed E-state index contributed by atoms with van der Waals surface area (Å²) >= 11 is 12.2. The van der Waals surface area contributed by atoms with Gasteiger partial charge in [-0.2, -0.15) is 0 Å². The molecule has 30 heavy (non-hydrogen) atoms. The molecule has 0 spiro atoms. The third-order valence-electron chi connectivity index (χ3n) is 5.59. The van der Waals surface area contributed by atoms with Crippen LogP contribution >= 0.6 is 23.2 Å². The van der Waals surface area contributed by atoms with Gasteiger partial charge in [-0.05, 0) is 51.5 Å². The number of rotatable bonds is 5. The first-order valence-electron chi connectivity index (χ1n) is 10.0. The van der Waals surface area contributed by atoms with E-state index in [0.717, 1.165) is 11.3 Å². The molecule has 162 valence electrons. The maximum atomic E-state index is 12.8. The summed E-state index contributed by atoms with van der Waals surface area (Å²) in [5, 5.41) is 4.11. The third-order valence-corrected chi connectivity index (χ3v) is 6.15. The van der Waals surface area contributed by atoms with Gasteiger partial charge in [0.15, 0.2) is 0 Å². The van der Waals surface area contributed by atoms with Gasteiger partial charge in [0, 0.05) is 36.2 Å². The number of hydrogen-bond acceptors (Lipinski definition) is 4. The monoisotopic (exact) mass is 451 g/mol. The molecule has 1 saturated heterocycles. The summed E-state index contributed by atoms with van der Waals surface area (Å²) < 4.78 is 5.48. The Kier molecular flexibility index (Phi) is 7.11. The fourth-order valence-electron chi connectivity index (χ4n) is 3.76. The Morgan fingerprint density at radius 3 is 2.30 bits per heavy atom. The van der Waals surface area contributed by atoms with Crippen LogP contribution in [-0.4, -0.2) is 53.8 Å². The van der Waals surface area contributed by atoms with E-state index in [4.69, 9.17) is 27.6 Å². The Morgan fingerprint density at radius 2 is 1.73 bits per heavy atom. The molecule has 2 unspecified atom stereocenters. The van der Waals surface area contributed by atoms with Crippen molar-refractivity contribution in [3.63, 3.8) is 0 Å². The number of aryl methyl sites for hydroxylation is 2. The van der Waals surface area contributed by atoms with E-state index >= 15 is 0 Å². The molecule has 1 aliphatic heterocycles. The van der Waals surface area contributed by atoms with Crippen molar-refractivity contribution < 1.29 is 14.0 Å². The number of nitrogens with one attached hydrogen (secondary N) is 1. The number of carbonyl (C=O) groups is 2. The van der Waals surface area contributed by atoms with Gasteiger partial charge in [0.05, 0.1) is 17.6 Å². The van der Waals surface area contributed by atoms with Crippen LogP contribution in [0.25, 0.3) is 0 Å². The van der Waals surface area contributed by atoms with Gasteiger partial charge in [-0.15, -0.1) is 0 Å². The molecule has 2 atom stereocenters. The molecule has 1 fully saturated rings. The molecule has 6 nitrogen and oxygen atoms in total. The van der Waals surface area contributed by atoms with Crippen LogP contribution in [-0.2, 0) is 4.79 Å². The fraction of sp³-hybridized carbons (Fsp3) is 0.455. The van der Waals surface area contributed by atoms with Crippen molar-refractivity contribution in [3.8, 4) is 0 Å². The summed E-state index contributed by atoms with van der Waals surface area (Å²) in [5.41, 5.74) is 1.43. The van der Waals surface area contributed by atoms with E-state index in [1.165, 1.54) is 0 Å². The minimum Gasteiger partial charge on any atom is -0.466 e. The molecule has 0 saturated carbocycles. The Labute approximate surface area is 187 Å². The number of piperazine rings is 1. The number of hydrogen-bond donors (Lipinski definition) is 1. The van der Waals surface area contributed by atoms with Gasteiger partial charge in [-0.3, -0.25) is 14.5 Å². The summed E-state index contributed by atoms with van der Waals surface area (Å²) in [6.45, 7) is 9.81. The number of amides is 2. The summed E-state index contributed by atoms with van der Waals surface area (Å²) in [6, 6.07) is 6.49. The van der Waals surface area contributed by atoms with Crippen LogP contribution in [0.2, 0.25) is 10.0 Å². The standard InChI is InChI=1S/C22H27Cl2N3O3/c1-13-11-19(16(4)30-13)22(29)27-9-7-26(8-10-27)15(3)21(28)25-14(2)18-6-5-17(23)12-20(18)24/h5-6,11-12,14-15H,7-10H2,1-4H3,(H,25,28). The van der Waals surface area contributed by atoms with Crippen LogP contribution in [0.4, 0.5) is 0 Å². The lowest BCUT2D eigenvalue weighted by Gasteiger charge is -2.37. The number of benzene rings is 1. The highest BCUT2D eigenvalue weighted by Crippen LogP contribution is 2.26. The van der Waals surface area contributed by atoms with Gasteiger partial charge in [-0.25, -0.2) is 0 Å². The second-order valence-electron chi connectivity index (χ2n) is 7.73. The van der Waals surface area contributed by atoms with Crippen LogP contribution in [0.5, 0.6) is 0 Å². The average Bonchev–Trinajstić information content (AvgIpc) is 3.04. The Hall–Kier alpha value is -2.02. The number of nitrogens with zero attached hydrogens (tertiary/aromatic N) is 2. The minimum atomic E-state index is -0.311. The summed E-state index contributed by atoms with van der Waals surface area (Å²) in [5.74, 6) is 1.28. The lowest BCUT2D eigenvalue weighted by atomic mass is 10.1. The van der Waals surface area contributed by atoms with E-state index < -0.39 is 0 Å². The van der Waals surface area contributed by atoms with Crippen LogP contribution in [0.3, 0.4) is 0 Å². The van der Waals surface area contributed by atoms with Gasteiger partial charge in [-0.1, -0.05) is 29.3 Å². The second kappa shape index (κ2) is 9.41. The lowest BCUT2D eigenvalue weighted by molar-refractivity contribution is -0.127. The van der Waals surface area contributed by atoms with E-state index in [0.29, 0.717) is 47.5 Å². The smallest absolute Gasteiger partial charge is 0.257 e. The highest BCUT2D eigenvalue weighted by molar-refractivity contribution is 6.35. The molecule has 1 aromatic carbocycles. The molecule has 3 rings (SSSR count). The zero-order valence-corrected chi connectivity index (χ0v) is 19.2. The molecule has 0 bridgehead atoms. The zero-order chi connectivity index (χ0) is 22.0. The highest BCUT2D eigenvalue weighted by atomic mass is 35.5. The molecule has 1 aromatic heterocycles. The van der Waals surface area contributed by atoms with E-state index in [1.54, 1.807) is 25.1 Å². The Balaban J connectivity index is 1.55. The van der Waals surface area contributed by atoms with Crippen molar-refractivity contribution in [1.82, 2.24) is 15.1 Å². The Bertz CT molecular complexity index is 936. The van der Waals surface area contributed by atoms with Crippen molar-refractivity contribution in [2.24, 2.45) is 0 Å².